The van der Waals surface area contributed by atoms with E-state index < -0.39 is 0 Å². The number of benzene rings is 9. The van der Waals surface area contributed by atoms with Gasteiger partial charge in [0, 0.05) is 50.2 Å². The molecule has 9 aromatic carbocycles. The molecule has 11 aromatic rings. The molecule has 2 heterocycles. The van der Waals surface area contributed by atoms with Crippen LogP contribution in [0.3, 0.4) is 0 Å². The molecule has 2 aromatic heterocycles. The van der Waals surface area contributed by atoms with Gasteiger partial charge in [-0.1, -0.05) is 146 Å². The molecule has 0 saturated heterocycles. The fourth-order valence-corrected chi connectivity index (χ4v) is 8.22. The van der Waals surface area contributed by atoms with Crippen LogP contribution in [-0.2, 0) is 0 Å². The van der Waals surface area contributed by atoms with Crippen molar-refractivity contribution in [2.75, 3.05) is 4.90 Å². The standard InChI is InChI=1S/C54H35NO2/c1-4-11-36(12-5-1)38-19-25-43(26-20-38)55(45-29-30-47-49-33-41(37-13-6-2-7-14-37)23-31-51(49)56-53(47)35-45)44-27-21-39(22-28-44)42-24-32-52-50(34-42)48-18-10-17-46(54(48)57-52)40-15-8-3-9-16-40/h1-35H. The molecule has 0 aliphatic carbocycles. The zero-order valence-corrected chi connectivity index (χ0v) is 31.0. The van der Waals surface area contributed by atoms with Crippen molar-refractivity contribution < 1.29 is 8.83 Å². The number of hydrogen-bond acceptors (Lipinski definition) is 3. The second kappa shape index (κ2) is 13.6. The summed E-state index contributed by atoms with van der Waals surface area (Å²) in [6.45, 7) is 0. The number of furan rings is 2. The van der Waals surface area contributed by atoms with Crippen LogP contribution in [0, 0.1) is 0 Å². The molecule has 11 rings (SSSR count). The monoisotopic (exact) mass is 729 g/mol. The maximum absolute atomic E-state index is 6.52. The summed E-state index contributed by atoms with van der Waals surface area (Å²) < 4.78 is 13.0. The molecule has 268 valence electrons. The lowest BCUT2D eigenvalue weighted by Gasteiger charge is -2.26. The van der Waals surface area contributed by atoms with Crippen molar-refractivity contribution in [2.24, 2.45) is 0 Å². The lowest BCUT2D eigenvalue weighted by atomic mass is 10.00. The van der Waals surface area contributed by atoms with Gasteiger partial charge in [0.15, 0.2) is 0 Å². The van der Waals surface area contributed by atoms with Gasteiger partial charge < -0.3 is 13.7 Å². The fourth-order valence-electron chi connectivity index (χ4n) is 8.22. The molecule has 57 heavy (non-hydrogen) atoms. The van der Waals surface area contributed by atoms with E-state index >= 15 is 0 Å². The van der Waals surface area contributed by atoms with Crippen molar-refractivity contribution in [3.63, 3.8) is 0 Å². The van der Waals surface area contributed by atoms with E-state index in [1.807, 2.05) is 12.1 Å². The summed E-state index contributed by atoms with van der Waals surface area (Å²) in [7, 11) is 0. The normalized spacial score (nSPS) is 11.5. The third kappa shape index (κ3) is 5.85. The van der Waals surface area contributed by atoms with Gasteiger partial charge in [0.2, 0.25) is 0 Å². The lowest BCUT2D eigenvalue weighted by Crippen LogP contribution is -2.09. The number of rotatable bonds is 7. The predicted octanol–water partition coefficient (Wildman–Crippen LogP) is 15.6. The number of hydrogen-bond donors (Lipinski definition) is 0. The minimum atomic E-state index is 0.853. The minimum Gasteiger partial charge on any atom is -0.456 e. The molecule has 0 spiro atoms. The van der Waals surface area contributed by atoms with E-state index in [1.165, 1.54) is 22.3 Å². The Kier molecular flexibility index (Phi) is 7.82. The van der Waals surface area contributed by atoms with Gasteiger partial charge in [0.25, 0.3) is 0 Å². The average molecular weight is 730 g/mol. The van der Waals surface area contributed by atoms with Crippen LogP contribution in [0.25, 0.3) is 88.4 Å². The van der Waals surface area contributed by atoms with Crippen molar-refractivity contribution in [1.82, 2.24) is 0 Å². The first kappa shape index (κ1) is 32.8. The highest BCUT2D eigenvalue weighted by Crippen LogP contribution is 2.42. The molecule has 0 saturated carbocycles. The minimum absolute atomic E-state index is 0.853. The second-order valence-electron chi connectivity index (χ2n) is 14.5. The predicted molar refractivity (Wildman–Crippen MR) is 237 cm³/mol. The molecule has 0 aliphatic heterocycles. The highest BCUT2D eigenvalue weighted by atomic mass is 16.3. The molecule has 3 nitrogen and oxygen atoms in total. The molecule has 0 aliphatic rings. The van der Waals surface area contributed by atoms with E-state index in [0.29, 0.717) is 0 Å². The molecule has 0 radical (unpaired) electrons. The van der Waals surface area contributed by atoms with Crippen LogP contribution in [0.2, 0.25) is 0 Å². The maximum Gasteiger partial charge on any atom is 0.143 e. The summed E-state index contributed by atoms with van der Waals surface area (Å²) in [5.41, 5.74) is 15.9. The van der Waals surface area contributed by atoms with Crippen molar-refractivity contribution in [3.05, 3.63) is 212 Å². The molecule has 3 heteroatoms. The molecule has 0 N–H and O–H groups in total. The van der Waals surface area contributed by atoms with Gasteiger partial charge in [-0.15, -0.1) is 0 Å². The molecule has 0 bridgehead atoms. The maximum atomic E-state index is 6.52. The van der Waals surface area contributed by atoms with Crippen LogP contribution in [0.5, 0.6) is 0 Å². The van der Waals surface area contributed by atoms with Gasteiger partial charge in [-0.2, -0.15) is 0 Å². The number of fused-ring (bicyclic) bond motifs is 6. The highest BCUT2D eigenvalue weighted by Gasteiger charge is 2.18. The summed E-state index contributed by atoms with van der Waals surface area (Å²) in [4.78, 5) is 2.30. The van der Waals surface area contributed by atoms with E-state index in [1.54, 1.807) is 0 Å². The Bertz CT molecular complexity index is 3200. The first-order valence-corrected chi connectivity index (χ1v) is 19.3. The molecular formula is C54H35NO2. The zero-order chi connectivity index (χ0) is 37.7. The third-order valence-electron chi connectivity index (χ3n) is 11.1. The van der Waals surface area contributed by atoms with Crippen molar-refractivity contribution >= 4 is 60.9 Å². The van der Waals surface area contributed by atoms with Crippen LogP contribution in [0.1, 0.15) is 0 Å². The Morgan fingerprint density at radius 1 is 0.263 bits per heavy atom. The van der Waals surface area contributed by atoms with Gasteiger partial charge in [0.1, 0.15) is 22.3 Å². The van der Waals surface area contributed by atoms with Crippen LogP contribution in [-0.4, -0.2) is 0 Å². The zero-order valence-electron chi connectivity index (χ0n) is 31.0. The third-order valence-corrected chi connectivity index (χ3v) is 11.1. The molecule has 0 fully saturated rings. The summed E-state index contributed by atoms with van der Waals surface area (Å²) in [5, 5.41) is 4.44. The van der Waals surface area contributed by atoms with Gasteiger partial charge >= 0.3 is 0 Å². The Balaban J connectivity index is 0.986. The van der Waals surface area contributed by atoms with E-state index in [-0.39, 0.29) is 0 Å². The fraction of sp³-hybridized carbons (Fsp3) is 0. The second-order valence-corrected chi connectivity index (χ2v) is 14.5. The van der Waals surface area contributed by atoms with Crippen molar-refractivity contribution in [3.8, 4) is 44.5 Å². The molecule has 0 atom stereocenters. The van der Waals surface area contributed by atoms with E-state index in [0.717, 1.165) is 83.2 Å². The summed E-state index contributed by atoms with van der Waals surface area (Å²) in [6.07, 6.45) is 0. The number of anilines is 3. The van der Waals surface area contributed by atoms with Crippen LogP contribution >= 0.6 is 0 Å². The Morgan fingerprint density at radius 3 is 1.35 bits per heavy atom. The molecule has 0 amide bonds. The topological polar surface area (TPSA) is 29.5 Å². The van der Waals surface area contributed by atoms with Gasteiger partial charge in [-0.25, -0.2) is 0 Å². The summed E-state index contributed by atoms with van der Waals surface area (Å²) >= 11 is 0. The summed E-state index contributed by atoms with van der Waals surface area (Å²) in [6, 6.07) is 75.0. The van der Waals surface area contributed by atoms with Crippen molar-refractivity contribution in [2.45, 2.75) is 0 Å². The molecule has 0 unspecified atom stereocenters. The van der Waals surface area contributed by atoms with Gasteiger partial charge in [-0.3, -0.25) is 0 Å². The number of nitrogens with zero attached hydrogens (tertiary/aromatic N) is 1. The first-order chi connectivity index (χ1) is 28.2. The Hall–Kier alpha value is -7.62. The van der Waals surface area contributed by atoms with Crippen LogP contribution in [0.4, 0.5) is 17.1 Å². The summed E-state index contributed by atoms with van der Waals surface area (Å²) in [5.74, 6) is 0. The van der Waals surface area contributed by atoms with Gasteiger partial charge in [0.05, 0.1) is 0 Å². The van der Waals surface area contributed by atoms with Crippen molar-refractivity contribution in [1.29, 1.82) is 0 Å². The Morgan fingerprint density at radius 2 is 0.737 bits per heavy atom. The van der Waals surface area contributed by atoms with E-state index in [2.05, 4.69) is 205 Å². The van der Waals surface area contributed by atoms with E-state index in [9.17, 15) is 0 Å². The number of para-hydroxylation sites is 1. The quantitative estimate of drug-likeness (QED) is 0.164. The largest absolute Gasteiger partial charge is 0.456 e. The van der Waals surface area contributed by atoms with Crippen LogP contribution < -0.4 is 4.90 Å². The lowest BCUT2D eigenvalue weighted by molar-refractivity contribution is 0.669. The van der Waals surface area contributed by atoms with Crippen LogP contribution in [0.15, 0.2) is 221 Å². The van der Waals surface area contributed by atoms with E-state index in [4.69, 9.17) is 8.83 Å². The average Bonchev–Trinajstić information content (AvgIpc) is 3.85. The first-order valence-electron chi connectivity index (χ1n) is 19.3. The Labute approximate surface area is 330 Å². The SMILES string of the molecule is c1ccc(-c2ccc(N(c3ccc(-c4ccc5oc6c(-c7ccccc7)cccc6c5c4)cc3)c3ccc4c(c3)oc3ccc(-c5ccccc5)cc34)cc2)cc1. The van der Waals surface area contributed by atoms with Gasteiger partial charge in [-0.05, 0) is 99.6 Å². The highest BCUT2D eigenvalue weighted by molar-refractivity contribution is 6.11. The molecular weight excluding hydrogens is 695 g/mol. The smallest absolute Gasteiger partial charge is 0.143 e.